The lowest BCUT2D eigenvalue weighted by Crippen LogP contribution is -2.68. The van der Waals surface area contributed by atoms with Gasteiger partial charge in [0.2, 0.25) is 0 Å². The first-order valence-electron chi connectivity index (χ1n) is 7.14. The maximum atomic E-state index is 9.89. The predicted octanol–water partition coefficient (Wildman–Crippen LogP) is -6.04. The van der Waals surface area contributed by atoms with E-state index in [0.717, 1.165) is 0 Å². The van der Waals surface area contributed by atoms with Crippen LogP contribution in [0.1, 0.15) is 0 Å². The van der Waals surface area contributed by atoms with Crippen molar-refractivity contribution in [3.8, 4) is 0 Å². The Labute approximate surface area is 131 Å². The summed E-state index contributed by atoms with van der Waals surface area (Å²) in [6, 6.07) is -1.28. The fourth-order valence-corrected chi connectivity index (χ4v) is 2.74. The summed E-state index contributed by atoms with van der Waals surface area (Å²) >= 11 is 0. The summed E-state index contributed by atoms with van der Waals surface area (Å²) in [7, 11) is 0. The average Bonchev–Trinajstić information content (AvgIpc) is 2.54. The van der Waals surface area contributed by atoms with E-state index in [2.05, 4.69) is 0 Å². The molecule has 1 heterocycles. The second kappa shape index (κ2) is 7.21. The topological polar surface area (TPSA) is 206 Å². The van der Waals surface area contributed by atoms with Crippen molar-refractivity contribution in [3.63, 3.8) is 0 Å². The summed E-state index contributed by atoms with van der Waals surface area (Å²) in [6.07, 6.45) is -16.1. The zero-order chi connectivity index (χ0) is 17.5. The van der Waals surface area contributed by atoms with Crippen molar-refractivity contribution < 1.29 is 50.3 Å². The molecule has 1 saturated carbocycles. The first kappa shape index (κ1) is 18.9. The molecule has 0 aromatic heterocycles. The van der Waals surface area contributed by atoms with Crippen LogP contribution in [0.15, 0.2) is 0 Å². The van der Waals surface area contributed by atoms with Gasteiger partial charge in [-0.25, -0.2) is 0 Å². The third-order valence-corrected chi connectivity index (χ3v) is 4.29. The van der Waals surface area contributed by atoms with Gasteiger partial charge < -0.3 is 56.1 Å². The summed E-state index contributed by atoms with van der Waals surface area (Å²) in [5.74, 6) is 0. The van der Waals surface area contributed by atoms with Crippen LogP contribution >= 0.6 is 0 Å². The number of ether oxygens (including phenoxy) is 2. The van der Waals surface area contributed by atoms with Gasteiger partial charge in [0.25, 0.3) is 0 Å². The third-order valence-electron chi connectivity index (χ3n) is 4.29. The van der Waals surface area contributed by atoms with Crippen LogP contribution in [0.3, 0.4) is 0 Å². The zero-order valence-electron chi connectivity index (χ0n) is 12.0. The van der Waals surface area contributed by atoms with Gasteiger partial charge in [-0.3, -0.25) is 0 Å². The van der Waals surface area contributed by atoms with Gasteiger partial charge in [0.15, 0.2) is 6.29 Å². The molecule has 0 spiro atoms. The summed E-state index contributed by atoms with van der Waals surface area (Å²) in [5, 5.41) is 77.1. The van der Waals surface area contributed by atoms with Crippen molar-refractivity contribution in [2.24, 2.45) is 5.73 Å². The third kappa shape index (κ3) is 3.36. The Morgan fingerprint density at radius 3 is 1.70 bits per heavy atom. The van der Waals surface area contributed by atoms with Crippen LogP contribution in [-0.4, -0.2) is 115 Å². The van der Waals surface area contributed by atoms with E-state index in [1.54, 1.807) is 0 Å². The minimum Gasteiger partial charge on any atom is -0.394 e. The van der Waals surface area contributed by atoms with E-state index in [-0.39, 0.29) is 0 Å². The van der Waals surface area contributed by atoms with E-state index in [4.69, 9.17) is 20.3 Å². The van der Waals surface area contributed by atoms with Crippen molar-refractivity contribution in [3.05, 3.63) is 0 Å². The number of nitrogens with two attached hydrogens (primary N) is 1. The molecule has 11 atom stereocenters. The second-order valence-corrected chi connectivity index (χ2v) is 5.84. The molecule has 11 heteroatoms. The number of aliphatic hydroxyl groups excluding tert-OH is 8. The van der Waals surface area contributed by atoms with Crippen LogP contribution in [0.25, 0.3) is 0 Å². The van der Waals surface area contributed by atoms with E-state index >= 15 is 0 Å². The van der Waals surface area contributed by atoms with Crippen molar-refractivity contribution in [2.75, 3.05) is 6.61 Å². The highest BCUT2D eigenvalue weighted by molar-refractivity contribution is 5.00. The van der Waals surface area contributed by atoms with Crippen LogP contribution < -0.4 is 5.73 Å². The van der Waals surface area contributed by atoms with Crippen molar-refractivity contribution in [1.29, 1.82) is 0 Å². The van der Waals surface area contributed by atoms with E-state index in [1.165, 1.54) is 0 Å². The molecular weight excluding hydrogens is 318 g/mol. The predicted molar refractivity (Wildman–Crippen MR) is 70.6 cm³/mol. The summed E-state index contributed by atoms with van der Waals surface area (Å²) in [4.78, 5) is 0. The summed E-state index contributed by atoms with van der Waals surface area (Å²) < 4.78 is 10.4. The Morgan fingerprint density at radius 2 is 1.22 bits per heavy atom. The van der Waals surface area contributed by atoms with Crippen LogP contribution in [0.5, 0.6) is 0 Å². The molecule has 136 valence electrons. The molecule has 2 aliphatic rings. The molecule has 1 saturated heterocycles. The Kier molecular flexibility index (Phi) is 5.92. The van der Waals surface area contributed by atoms with Crippen LogP contribution in [0, 0.1) is 0 Å². The van der Waals surface area contributed by atoms with E-state index in [1.807, 2.05) is 0 Å². The van der Waals surface area contributed by atoms with Gasteiger partial charge >= 0.3 is 0 Å². The number of aliphatic hydroxyl groups is 8. The smallest absolute Gasteiger partial charge is 0.176 e. The fraction of sp³-hybridized carbons (Fsp3) is 1.00. The van der Waals surface area contributed by atoms with E-state index in [0.29, 0.717) is 0 Å². The van der Waals surface area contributed by atoms with Crippen molar-refractivity contribution >= 4 is 0 Å². The number of rotatable bonds is 3. The van der Waals surface area contributed by atoms with Gasteiger partial charge in [-0.2, -0.15) is 0 Å². The first-order valence-corrected chi connectivity index (χ1v) is 7.14. The normalized spacial score (nSPS) is 54.9. The molecular formula is C12H23NO10. The molecule has 0 amide bonds. The molecule has 2 rings (SSSR count). The maximum Gasteiger partial charge on any atom is 0.176 e. The zero-order valence-corrected chi connectivity index (χ0v) is 12.0. The standard InChI is InChI=1S/C12H23NO10/c13-3-5(16)4(15)2(1-14)22-12(3)23-11-9(20)7(18)6(17)8(19)10(11)21/h2-12,14-21H,1,13H2/t2-,3-,4+,5-,6?,7+,8+,9-,10+,11?,12?/m1/s1. The molecule has 11 nitrogen and oxygen atoms in total. The van der Waals surface area contributed by atoms with Gasteiger partial charge in [0, 0.05) is 0 Å². The lowest BCUT2D eigenvalue weighted by atomic mass is 9.84. The fourth-order valence-electron chi connectivity index (χ4n) is 2.74. The molecule has 1 aliphatic carbocycles. The van der Waals surface area contributed by atoms with E-state index < -0.39 is 73.9 Å². The van der Waals surface area contributed by atoms with Crippen LogP contribution in [0.2, 0.25) is 0 Å². The molecule has 0 radical (unpaired) electrons. The molecule has 10 N–H and O–H groups in total. The molecule has 23 heavy (non-hydrogen) atoms. The highest BCUT2D eigenvalue weighted by atomic mass is 16.7. The molecule has 1 aliphatic heterocycles. The Hall–Kier alpha value is -0.440. The molecule has 0 bridgehead atoms. The molecule has 2 fully saturated rings. The highest BCUT2D eigenvalue weighted by Gasteiger charge is 2.52. The van der Waals surface area contributed by atoms with Gasteiger partial charge in [-0.05, 0) is 0 Å². The van der Waals surface area contributed by atoms with Gasteiger partial charge in [0.05, 0.1) is 12.6 Å². The van der Waals surface area contributed by atoms with Gasteiger partial charge in [-0.1, -0.05) is 0 Å². The monoisotopic (exact) mass is 341 g/mol. The maximum absolute atomic E-state index is 9.89. The first-order chi connectivity index (χ1) is 10.7. The Balaban J connectivity index is 2.13. The molecule has 3 unspecified atom stereocenters. The lowest BCUT2D eigenvalue weighted by molar-refractivity contribution is -0.316. The summed E-state index contributed by atoms with van der Waals surface area (Å²) in [6.45, 7) is -0.648. The largest absolute Gasteiger partial charge is 0.394 e. The quantitative estimate of drug-likeness (QED) is 0.236. The average molecular weight is 341 g/mol. The SMILES string of the molecule is N[C@H]1C(OC2[C@@H](O)[C@@H](O)C(O)[C@H](O)[C@H]2O)O[C@H](CO)[C@H](O)[C@@H]1O. The molecule has 0 aromatic carbocycles. The van der Waals surface area contributed by atoms with E-state index in [9.17, 15) is 35.7 Å². The minimum atomic E-state index is -1.79. The summed E-state index contributed by atoms with van der Waals surface area (Å²) in [5.41, 5.74) is 5.66. The number of hydrogen-bond donors (Lipinski definition) is 9. The highest BCUT2D eigenvalue weighted by Crippen LogP contribution is 2.28. The second-order valence-electron chi connectivity index (χ2n) is 5.84. The van der Waals surface area contributed by atoms with Crippen molar-refractivity contribution in [2.45, 2.75) is 67.3 Å². The van der Waals surface area contributed by atoms with Crippen LogP contribution in [-0.2, 0) is 9.47 Å². The van der Waals surface area contributed by atoms with Crippen molar-refractivity contribution in [1.82, 2.24) is 0 Å². The lowest BCUT2D eigenvalue weighted by Gasteiger charge is -2.46. The molecule has 0 aromatic rings. The Bertz CT molecular complexity index is 382. The Morgan fingerprint density at radius 1 is 0.739 bits per heavy atom. The minimum absolute atomic E-state index is 0.648. The van der Waals surface area contributed by atoms with Gasteiger partial charge in [-0.15, -0.1) is 0 Å². The van der Waals surface area contributed by atoms with Gasteiger partial charge in [0.1, 0.15) is 54.9 Å². The number of hydrogen-bond acceptors (Lipinski definition) is 11. The van der Waals surface area contributed by atoms with Crippen LogP contribution in [0.4, 0.5) is 0 Å².